The van der Waals surface area contributed by atoms with Gasteiger partial charge in [0.05, 0.1) is 22.9 Å². The maximum atomic E-state index is 13.3. The van der Waals surface area contributed by atoms with E-state index in [9.17, 15) is 23.1 Å². The van der Waals surface area contributed by atoms with Crippen molar-refractivity contribution in [2.45, 2.75) is 63.1 Å². The Bertz CT molecular complexity index is 1030. The van der Waals surface area contributed by atoms with Crippen LogP contribution in [0.4, 0.5) is 13.2 Å². The maximum Gasteiger partial charge on any atom is 0.417 e. The smallest absolute Gasteiger partial charge is 0.417 e. The van der Waals surface area contributed by atoms with Gasteiger partial charge in [-0.3, -0.25) is 4.68 Å². The minimum Gasteiger partial charge on any atom is -0.480 e. The molecule has 1 aromatic carbocycles. The largest absolute Gasteiger partial charge is 0.480 e. The average molecular weight is 419 g/mol. The van der Waals surface area contributed by atoms with Gasteiger partial charge in [-0.25, -0.2) is 4.79 Å². The summed E-state index contributed by atoms with van der Waals surface area (Å²) in [6, 6.07) is 3.92. The molecule has 4 rings (SSSR count). The van der Waals surface area contributed by atoms with E-state index in [1.165, 1.54) is 10.7 Å². The number of aliphatic carboxylic acids is 1. The van der Waals surface area contributed by atoms with Gasteiger partial charge in [0.2, 0.25) is 0 Å². The van der Waals surface area contributed by atoms with E-state index >= 15 is 0 Å². The highest BCUT2D eigenvalue weighted by molar-refractivity contribution is 5.72. The lowest BCUT2D eigenvalue weighted by molar-refractivity contribution is -0.141. The van der Waals surface area contributed by atoms with E-state index in [1.54, 1.807) is 13.0 Å². The molecule has 0 aliphatic heterocycles. The Morgan fingerprint density at radius 3 is 2.50 bits per heavy atom. The number of rotatable bonds is 7. The van der Waals surface area contributed by atoms with Crippen molar-refractivity contribution in [3.8, 4) is 17.6 Å². The summed E-state index contributed by atoms with van der Waals surface area (Å²) in [6.45, 7) is 1.75. The van der Waals surface area contributed by atoms with Gasteiger partial charge in [0.1, 0.15) is 17.5 Å². The molecular weight excluding hydrogens is 399 g/mol. The van der Waals surface area contributed by atoms with Crippen LogP contribution in [0, 0.1) is 11.3 Å². The summed E-state index contributed by atoms with van der Waals surface area (Å²) in [5.41, 5.74) is -0.293. The highest BCUT2D eigenvalue weighted by Crippen LogP contribution is 2.53. The van der Waals surface area contributed by atoms with Crippen LogP contribution in [0.1, 0.15) is 79.4 Å². The predicted octanol–water partition coefficient (Wildman–Crippen LogP) is 5.36. The average Bonchev–Trinajstić information content (AvgIpc) is 3.60. The van der Waals surface area contributed by atoms with Crippen molar-refractivity contribution in [1.29, 1.82) is 5.26 Å². The first-order valence-corrected chi connectivity index (χ1v) is 9.88. The second kappa shape index (κ2) is 7.35. The first kappa shape index (κ1) is 20.3. The van der Waals surface area contributed by atoms with E-state index < -0.39 is 29.3 Å². The van der Waals surface area contributed by atoms with Crippen molar-refractivity contribution in [3.63, 3.8) is 0 Å². The molecule has 1 aromatic heterocycles. The lowest BCUT2D eigenvalue weighted by Crippen LogP contribution is -2.21. The standard InChI is InChI=1S/C21H20F3N3O3/c1-2-16(20(28)29)27-18(12-5-6-12)19(17(26-27)11-3-4-11)30-14-8-7-13(10-25)15(9-14)21(22,23)24/h7-9,11-12,16H,2-6H2,1H3,(H,28,29). The monoisotopic (exact) mass is 419 g/mol. The van der Waals surface area contributed by atoms with Crippen LogP contribution in [0.3, 0.4) is 0 Å². The number of aromatic nitrogens is 2. The lowest BCUT2D eigenvalue weighted by Gasteiger charge is -2.16. The van der Waals surface area contributed by atoms with Crippen LogP contribution in [0.25, 0.3) is 0 Å². The van der Waals surface area contributed by atoms with Gasteiger partial charge in [0.25, 0.3) is 0 Å². The molecule has 0 radical (unpaired) electrons. The summed E-state index contributed by atoms with van der Waals surface area (Å²) in [6.07, 6.45) is -0.906. The highest BCUT2D eigenvalue weighted by atomic mass is 19.4. The highest BCUT2D eigenvalue weighted by Gasteiger charge is 2.41. The third-order valence-corrected chi connectivity index (χ3v) is 5.46. The molecule has 1 atom stereocenters. The molecule has 30 heavy (non-hydrogen) atoms. The van der Waals surface area contributed by atoms with Gasteiger partial charge in [0.15, 0.2) is 5.75 Å². The fourth-order valence-electron chi connectivity index (χ4n) is 3.63. The SMILES string of the molecule is CCC(C(=O)O)n1nc(C2CC2)c(Oc2ccc(C#N)c(C(F)(F)F)c2)c1C1CC1. The van der Waals surface area contributed by atoms with E-state index in [2.05, 4.69) is 5.10 Å². The van der Waals surface area contributed by atoms with Gasteiger partial charge < -0.3 is 9.84 Å². The van der Waals surface area contributed by atoms with Crippen LogP contribution < -0.4 is 4.74 Å². The van der Waals surface area contributed by atoms with Gasteiger partial charge in [-0.15, -0.1) is 0 Å². The van der Waals surface area contributed by atoms with Crippen LogP contribution in [0.2, 0.25) is 0 Å². The van der Waals surface area contributed by atoms with Crippen LogP contribution in [-0.4, -0.2) is 20.9 Å². The number of nitriles is 1. The van der Waals surface area contributed by atoms with E-state index in [1.807, 2.05) is 0 Å². The van der Waals surface area contributed by atoms with Crippen molar-refractivity contribution in [1.82, 2.24) is 9.78 Å². The Labute approximate surface area is 170 Å². The number of nitrogens with zero attached hydrogens (tertiary/aromatic N) is 3. The first-order valence-electron chi connectivity index (χ1n) is 9.88. The molecule has 6 nitrogen and oxygen atoms in total. The Morgan fingerprint density at radius 1 is 1.33 bits per heavy atom. The molecule has 2 fully saturated rings. The summed E-state index contributed by atoms with van der Waals surface area (Å²) in [5, 5.41) is 23.2. The number of carboxylic acid groups (broad SMARTS) is 1. The summed E-state index contributed by atoms with van der Waals surface area (Å²) >= 11 is 0. The number of benzene rings is 1. The molecule has 0 saturated heterocycles. The number of alkyl halides is 3. The molecular formula is C21H20F3N3O3. The Kier molecular flexibility index (Phi) is 4.96. The fourth-order valence-corrected chi connectivity index (χ4v) is 3.63. The quantitative estimate of drug-likeness (QED) is 0.653. The summed E-state index contributed by atoms with van der Waals surface area (Å²) < 4.78 is 47.5. The van der Waals surface area contributed by atoms with Crippen LogP contribution in [0.15, 0.2) is 18.2 Å². The lowest BCUT2D eigenvalue weighted by atomic mass is 10.1. The first-order chi connectivity index (χ1) is 14.2. The number of halogens is 3. The molecule has 158 valence electrons. The zero-order valence-corrected chi connectivity index (χ0v) is 16.2. The number of ether oxygens (including phenoxy) is 1. The van der Waals surface area contributed by atoms with Crippen molar-refractivity contribution in [2.24, 2.45) is 0 Å². The molecule has 1 unspecified atom stereocenters. The molecule has 9 heteroatoms. The van der Waals surface area contributed by atoms with Gasteiger partial charge in [-0.1, -0.05) is 6.92 Å². The zero-order chi connectivity index (χ0) is 21.6. The topological polar surface area (TPSA) is 88.1 Å². The second-order valence-corrected chi connectivity index (χ2v) is 7.77. The summed E-state index contributed by atoms with van der Waals surface area (Å²) in [5.74, 6) is -0.488. The Balaban J connectivity index is 1.81. The van der Waals surface area contributed by atoms with Gasteiger partial charge in [0, 0.05) is 11.8 Å². The third-order valence-electron chi connectivity index (χ3n) is 5.46. The fraction of sp³-hybridized carbons (Fsp3) is 0.476. The molecule has 1 N–H and O–H groups in total. The maximum absolute atomic E-state index is 13.3. The minimum absolute atomic E-state index is 0.0481. The summed E-state index contributed by atoms with van der Waals surface area (Å²) in [4.78, 5) is 11.8. The molecule has 1 heterocycles. The zero-order valence-electron chi connectivity index (χ0n) is 16.2. The van der Waals surface area contributed by atoms with E-state index in [0.29, 0.717) is 23.6 Å². The van der Waals surface area contributed by atoms with E-state index in [0.717, 1.165) is 37.8 Å². The minimum atomic E-state index is -4.69. The molecule has 2 saturated carbocycles. The predicted molar refractivity (Wildman–Crippen MR) is 99.4 cm³/mol. The van der Waals surface area contributed by atoms with E-state index in [4.69, 9.17) is 10.00 Å². The normalized spacial score (nSPS) is 17.4. The van der Waals surface area contributed by atoms with Gasteiger partial charge in [-0.05, 0) is 50.3 Å². The van der Waals surface area contributed by atoms with Crippen LogP contribution in [-0.2, 0) is 11.0 Å². The number of carboxylic acids is 1. The Morgan fingerprint density at radius 2 is 2.00 bits per heavy atom. The van der Waals surface area contributed by atoms with Crippen molar-refractivity contribution < 1.29 is 27.8 Å². The molecule has 0 amide bonds. The second-order valence-electron chi connectivity index (χ2n) is 7.77. The van der Waals surface area contributed by atoms with Crippen molar-refractivity contribution in [3.05, 3.63) is 40.7 Å². The van der Waals surface area contributed by atoms with Crippen LogP contribution in [0.5, 0.6) is 11.5 Å². The van der Waals surface area contributed by atoms with Crippen molar-refractivity contribution >= 4 is 5.97 Å². The molecule has 2 aromatic rings. The molecule has 0 bridgehead atoms. The summed E-state index contributed by atoms with van der Waals surface area (Å²) in [7, 11) is 0. The number of hydrogen-bond acceptors (Lipinski definition) is 4. The number of carbonyl (C=O) groups is 1. The van der Waals surface area contributed by atoms with Gasteiger partial charge in [-0.2, -0.15) is 23.5 Å². The third kappa shape index (κ3) is 3.74. The van der Waals surface area contributed by atoms with Gasteiger partial charge >= 0.3 is 12.1 Å². The van der Waals surface area contributed by atoms with Crippen LogP contribution >= 0.6 is 0 Å². The van der Waals surface area contributed by atoms with Crippen molar-refractivity contribution in [2.75, 3.05) is 0 Å². The Hall–Kier alpha value is -3.02. The number of hydrogen-bond donors (Lipinski definition) is 1. The van der Waals surface area contributed by atoms with E-state index in [-0.39, 0.29) is 17.6 Å². The molecule has 0 spiro atoms. The molecule has 2 aliphatic carbocycles. The molecule has 2 aliphatic rings.